The van der Waals surface area contributed by atoms with Crippen molar-refractivity contribution in [2.24, 2.45) is 13.0 Å². The molecule has 0 bridgehead atoms. The number of nitrogens with zero attached hydrogens (tertiary/aromatic N) is 2. The third kappa shape index (κ3) is 5.18. The van der Waals surface area contributed by atoms with Crippen LogP contribution in [0.3, 0.4) is 0 Å². The second-order valence-corrected chi connectivity index (χ2v) is 8.98. The molecule has 0 saturated heterocycles. The first-order valence-electron chi connectivity index (χ1n) is 11.4. The van der Waals surface area contributed by atoms with Crippen molar-refractivity contribution in [2.75, 3.05) is 11.9 Å². The number of nitrogens with one attached hydrogen (secondary N) is 2. The number of aryl methyl sites for hydroxylation is 1. The number of hydrogen-bond acceptors (Lipinski definition) is 5. The lowest BCUT2D eigenvalue weighted by atomic mass is 9.98. The van der Waals surface area contributed by atoms with E-state index in [1.54, 1.807) is 7.05 Å². The highest BCUT2D eigenvalue weighted by Crippen LogP contribution is 2.44. The molecule has 35 heavy (non-hydrogen) atoms. The Morgan fingerprint density at radius 3 is 2.23 bits per heavy atom. The van der Waals surface area contributed by atoms with Crippen LogP contribution in [0.2, 0.25) is 0 Å². The Morgan fingerprint density at radius 2 is 1.66 bits per heavy atom. The molecule has 3 aromatic rings. The predicted molar refractivity (Wildman–Crippen MR) is 130 cm³/mol. The van der Waals surface area contributed by atoms with Gasteiger partial charge in [0, 0.05) is 19.0 Å². The number of benzene rings is 2. The van der Waals surface area contributed by atoms with E-state index in [9.17, 15) is 19.5 Å². The van der Waals surface area contributed by atoms with Crippen LogP contribution in [0.5, 0.6) is 0 Å². The number of carboxylic acids is 1. The summed E-state index contributed by atoms with van der Waals surface area (Å²) in [5, 5.41) is 18.5. The molecule has 1 aromatic heterocycles. The summed E-state index contributed by atoms with van der Waals surface area (Å²) in [6, 6.07) is 16.5. The van der Waals surface area contributed by atoms with Crippen LogP contribution in [0.1, 0.15) is 47.8 Å². The number of carbonyl (C=O) groups excluding carboxylic acids is 2. The molecule has 1 heterocycles. The van der Waals surface area contributed by atoms with Gasteiger partial charge in [-0.2, -0.15) is 5.10 Å². The van der Waals surface area contributed by atoms with Crippen LogP contribution in [-0.2, 0) is 16.6 Å². The van der Waals surface area contributed by atoms with Gasteiger partial charge in [0.25, 0.3) is 5.91 Å². The largest absolute Gasteiger partial charge is 0.480 e. The van der Waals surface area contributed by atoms with Gasteiger partial charge in [0.15, 0.2) is 5.69 Å². The summed E-state index contributed by atoms with van der Waals surface area (Å²) in [5.41, 5.74) is 4.48. The fourth-order valence-corrected chi connectivity index (χ4v) is 4.36. The summed E-state index contributed by atoms with van der Waals surface area (Å²) in [4.78, 5) is 36.5. The molecule has 2 amide bonds. The van der Waals surface area contributed by atoms with E-state index < -0.39 is 24.0 Å². The summed E-state index contributed by atoms with van der Waals surface area (Å²) >= 11 is 0. The lowest BCUT2D eigenvalue weighted by Crippen LogP contribution is -2.41. The molecule has 0 saturated carbocycles. The van der Waals surface area contributed by atoms with Crippen molar-refractivity contribution in [3.63, 3.8) is 0 Å². The maximum Gasteiger partial charge on any atom is 0.412 e. The van der Waals surface area contributed by atoms with E-state index in [1.807, 2.05) is 50.2 Å². The minimum atomic E-state index is -1.11. The quantitative estimate of drug-likeness (QED) is 0.452. The number of aromatic nitrogens is 2. The van der Waals surface area contributed by atoms with E-state index in [0.717, 1.165) is 22.3 Å². The van der Waals surface area contributed by atoms with Crippen LogP contribution in [0.15, 0.2) is 54.6 Å². The average molecular weight is 477 g/mol. The van der Waals surface area contributed by atoms with E-state index in [2.05, 4.69) is 27.9 Å². The first-order valence-corrected chi connectivity index (χ1v) is 11.4. The van der Waals surface area contributed by atoms with Crippen LogP contribution in [0.4, 0.5) is 10.6 Å². The fourth-order valence-electron chi connectivity index (χ4n) is 4.36. The Bertz CT molecular complexity index is 1220. The third-order valence-corrected chi connectivity index (χ3v) is 6.00. The predicted octanol–water partition coefficient (Wildman–Crippen LogP) is 4.01. The van der Waals surface area contributed by atoms with Crippen molar-refractivity contribution in [3.8, 4) is 11.1 Å². The van der Waals surface area contributed by atoms with E-state index >= 15 is 0 Å². The van der Waals surface area contributed by atoms with Gasteiger partial charge in [-0.3, -0.25) is 14.8 Å². The minimum absolute atomic E-state index is 0.00328. The van der Waals surface area contributed by atoms with Gasteiger partial charge in [0.1, 0.15) is 18.5 Å². The minimum Gasteiger partial charge on any atom is -0.480 e. The zero-order valence-corrected chi connectivity index (χ0v) is 19.8. The summed E-state index contributed by atoms with van der Waals surface area (Å²) in [7, 11) is 1.57. The Balaban J connectivity index is 1.40. The molecule has 4 rings (SSSR count). The lowest BCUT2D eigenvalue weighted by molar-refractivity contribution is -0.139. The number of amides is 2. The third-order valence-electron chi connectivity index (χ3n) is 6.00. The van der Waals surface area contributed by atoms with Crippen molar-refractivity contribution >= 4 is 23.8 Å². The van der Waals surface area contributed by atoms with Gasteiger partial charge in [0.05, 0.1) is 0 Å². The Labute approximate surface area is 203 Å². The molecule has 3 N–H and O–H groups in total. The number of aliphatic carboxylic acids is 1. The number of ether oxygens (including phenoxy) is 1. The van der Waals surface area contributed by atoms with Crippen LogP contribution in [0, 0.1) is 5.92 Å². The van der Waals surface area contributed by atoms with Crippen molar-refractivity contribution in [3.05, 3.63) is 71.4 Å². The van der Waals surface area contributed by atoms with Crippen molar-refractivity contribution in [1.29, 1.82) is 0 Å². The molecular weight excluding hydrogens is 448 g/mol. The number of anilines is 1. The van der Waals surface area contributed by atoms with E-state index in [4.69, 9.17) is 4.74 Å². The maximum absolute atomic E-state index is 12.6. The van der Waals surface area contributed by atoms with Crippen LogP contribution >= 0.6 is 0 Å². The second-order valence-electron chi connectivity index (χ2n) is 8.98. The van der Waals surface area contributed by atoms with Crippen LogP contribution < -0.4 is 10.6 Å². The number of hydrogen-bond donors (Lipinski definition) is 3. The summed E-state index contributed by atoms with van der Waals surface area (Å²) in [5.74, 6) is -1.47. The van der Waals surface area contributed by atoms with E-state index in [0.29, 0.717) is 6.42 Å². The van der Waals surface area contributed by atoms with Gasteiger partial charge >= 0.3 is 12.1 Å². The first-order chi connectivity index (χ1) is 16.7. The van der Waals surface area contributed by atoms with Crippen LogP contribution in [-0.4, -0.2) is 45.5 Å². The van der Waals surface area contributed by atoms with Gasteiger partial charge < -0.3 is 15.2 Å². The zero-order chi connectivity index (χ0) is 25.1. The standard InChI is InChI=1S/C26H28N4O5/c1-15(2)12-22(25(32)33)27-24(31)21-13-23(30(3)29-21)28-26(34)35-14-20-18-10-6-4-8-16(18)17-9-5-7-11-19(17)20/h4-11,13,15,20,22H,12,14H2,1-3H3,(H,27,31)(H,28,34)(H,32,33)/t22-/m0/s1. The molecule has 0 aliphatic heterocycles. The molecule has 1 aliphatic carbocycles. The summed E-state index contributed by atoms with van der Waals surface area (Å²) < 4.78 is 6.87. The highest BCUT2D eigenvalue weighted by atomic mass is 16.5. The monoisotopic (exact) mass is 476 g/mol. The first kappa shape index (κ1) is 24.0. The molecule has 0 unspecified atom stereocenters. The number of carbonyl (C=O) groups is 3. The highest BCUT2D eigenvalue weighted by Gasteiger charge is 2.29. The molecule has 9 nitrogen and oxygen atoms in total. The van der Waals surface area contributed by atoms with Gasteiger partial charge in [-0.15, -0.1) is 0 Å². The van der Waals surface area contributed by atoms with Crippen molar-refractivity contribution in [1.82, 2.24) is 15.1 Å². The number of rotatable bonds is 8. The molecule has 9 heteroatoms. The topological polar surface area (TPSA) is 123 Å². The van der Waals surface area contributed by atoms with Crippen LogP contribution in [0.25, 0.3) is 11.1 Å². The number of carboxylic acid groups (broad SMARTS) is 1. The Morgan fingerprint density at radius 1 is 1.06 bits per heavy atom. The highest BCUT2D eigenvalue weighted by molar-refractivity contribution is 5.96. The van der Waals surface area contributed by atoms with E-state index in [-0.39, 0.29) is 30.0 Å². The average Bonchev–Trinajstić information content (AvgIpc) is 3.34. The second kappa shape index (κ2) is 10.0. The normalized spacial score (nSPS) is 13.1. The molecule has 1 aliphatic rings. The molecular formula is C26H28N4O5. The smallest absolute Gasteiger partial charge is 0.412 e. The molecule has 0 spiro atoms. The Kier molecular flexibility index (Phi) is 6.86. The van der Waals surface area contributed by atoms with Gasteiger partial charge in [-0.1, -0.05) is 62.4 Å². The Hall–Kier alpha value is -4.14. The SMILES string of the molecule is CC(C)C[C@H](NC(=O)c1cc(NC(=O)OCC2c3ccccc3-c3ccccc32)n(C)n1)C(=O)O. The van der Waals surface area contributed by atoms with E-state index in [1.165, 1.54) is 10.7 Å². The maximum atomic E-state index is 12.6. The van der Waals surface area contributed by atoms with Gasteiger partial charge in [-0.05, 0) is 34.6 Å². The number of fused-ring (bicyclic) bond motifs is 3. The summed E-state index contributed by atoms with van der Waals surface area (Å²) in [6.45, 7) is 3.90. The molecule has 2 aromatic carbocycles. The van der Waals surface area contributed by atoms with Gasteiger partial charge in [-0.25, -0.2) is 9.59 Å². The van der Waals surface area contributed by atoms with Crippen molar-refractivity contribution < 1.29 is 24.2 Å². The van der Waals surface area contributed by atoms with Crippen molar-refractivity contribution in [2.45, 2.75) is 32.2 Å². The molecule has 1 atom stereocenters. The summed E-state index contributed by atoms with van der Waals surface area (Å²) in [6.07, 6.45) is -0.385. The van der Waals surface area contributed by atoms with Gasteiger partial charge in [0.2, 0.25) is 0 Å². The molecule has 182 valence electrons. The zero-order valence-electron chi connectivity index (χ0n) is 19.8. The molecule has 0 radical (unpaired) electrons. The molecule has 0 fully saturated rings. The lowest BCUT2D eigenvalue weighted by Gasteiger charge is -2.15. The fraction of sp³-hybridized carbons (Fsp3) is 0.308.